The Hall–Kier alpha value is -2.25. The van der Waals surface area contributed by atoms with Gasteiger partial charge in [0, 0.05) is 17.1 Å². The van der Waals surface area contributed by atoms with Crippen LogP contribution in [-0.2, 0) is 28.6 Å². The van der Waals surface area contributed by atoms with Gasteiger partial charge >= 0.3 is 11.9 Å². The summed E-state index contributed by atoms with van der Waals surface area (Å²) in [5.74, 6) is -2.15. The summed E-state index contributed by atoms with van der Waals surface area (Å²) in [7, 11) is 0. The number of hydrogen-bond acceptors (Lipinski definition) is 6. The van der Waals surface area contributed by atoms with Gasteiger partial charge in [-0.2, -0.15) is 0 Å². The zero-order valence-corrected chi connectivity index (χ0v) is 16.2. The van der Waals surface area contributed by atoms with E-state index in [9.17, 15) is 19.5 Å². The molecule has 0 atom stereocenters. The average Bonchev–Trinajstić information content (AvgIpc) is 2.65. The molecule has 7 heteroatoms. The second-order valence-corrected chi connectivity index (χ2v) is 7.37. The highest BCUT2D eigenvalue weighted by Crippen LogP contribution is 2.38. The molecule has 7 nitrogen and oxygen atoms in total. The van der Waals surface area contributed by atoms with E-state index in [0.29, 0.717) is 19.6 Å². The molecule has 0 aromatic rings. The van der Waals surface area contributed by atoms with E-state index in [0.717, 1.165) is 18.2 Å². The SMILES string of the molecule is C=CC(=O)C=C(CC(C)(C)C1OCC(CC)(COC(=O)C=C)CO1)C(=O)O. The van der Waals surface area contributed by atoms with Gasteiger partial charge in [0.2, 0.25) is 0 Å². The lowest BCUT2D eigenvalue weighted by Gasteiger charge is -2.44. The number of ether oxygens (including phenoxy) is 3. The predicted molar refractivity (Wildman–Crippen MR) is 98.9 cm³/mol. The van der Waals surface area contributed by atoms with E-state index in [4.69, 9.17) is 14.2 Å². The van der Waals surface area contributed by atoms with Gasteiger partial charge in [0.05, 0.1) is 18.6 Å². The Balaban J connectivity index is 2.80. The fraction of sp³-hybridized carbons (Fsp3) is 0.550. The summed E-state index contributed by atoms with van der Waals surface area (Å²) in [5.41, 5.74) is -1.19. The Morgan fingerprint density at radius 3 is 2.26 bits per heavy atom. The van der Waals surface area contributed by atoms with Crippen molar-refractivity contribution >= 4 is 17.7 Å². The molecule has 0 spiro atoms. The van der Waals surface area contributed by atoms with Gasteiger partial charge in [0.15, 0.2) is 12.1 Å². The highest BCUT2D eigenvalue weighted by atomic mass is 16.7. The Labute approximate surface area is 159 Å². The number of hydrogen-bond donors (Lipinski definition) is 1. The van der Waals surface area contributed by atoms with Crippen molar-refractivity contribution in [3.05, 3.63) is 37.0 Å². The highest BCUT2D eigenvalue weighted by Gasteiger charge is 2.43. The molecular weight excluding hydrogens is 352 g/mol. The van der Waals surface area contributed by atoms with Crippen LogP contribution in [-0.4, -0.2) is 48.9 Å². The maximum atomic E-state index is 11.5. The zero-order chi connectivity index (χ0) is 20.7. The quantitative estimate of drug-likeness (QED) is 0.459. The van der Waals surface area contributed by atoms with Gasteiger partial charge in [0.1, 0.15) is 6.61 Å². The summed E-state index contributed by atoms with van der Waals surface area (Å²) in [6, 6.07) is 0. The van der Waals surface area contributed by atoms with Crippen LogP contribution in [0.5, 0.6) is 0 Å². The van der Waals surface area contributed by atoms with Crippen LogP contribution in [0, 0.1) is 10.8 Å². The summed E-state index contributed by atoms with van der Waals surface area (Å²) in [4.78, 5) is 34.3. The van der Waals surface area contributed by atoms with Crippen molar-refractivity contribution in [1.82, 2.24) is 0 Å². The zero-order valence-electron chi connectivity index (χ0n) is 16.2. The van der Waals surface area contributed by atoms with Gasteiger partial charge in [-0.25, -0.2) is 9.59 Å². The molecule has 1 aliphatic rings. The number of allylic oxidation sites excluding steroid dienone is 2. The molecule has 0 aromatic heterocycles. The first-order valence-corrected chi connectivity index (χ1v) is 8.72. The minimum absolute atomic E-state index is 0.0376. The number of carbonyl (C=O) groups excluding carboxylic acids is 2. The van der Waals surface area contributed by atoms with Crippen molar-refractivity contribution in [3.8, 4) is 0 Å². The lowest BCUT2D eigenvalue weighted by atomic mass is 9.82. The summed E-state index contributed by atoms with van der Waals surface area (Å²) in [6.07, 6.45) is 3.32. The second-order valence-electron chi connectivity index (χ2n) is 7.37. The Kier molecular flexibility index (Phi) is 8.12. The first-order chi connectivity index (χ1) is 12.6. The van der Waals surface area contributed by atoms with Crippen LogP contribution in [0.15, 0.2) is 37.0 Å². The third-order valence-corrected chi connectivity index (χ3v) is 4.60. The number of esters is 1. The van der Waals surface area contributed by atoms with Crippen molar-refractivity contribution < 1.29 is 33.7 Å². The van der Waals surface area contributed by atoms with Crippen LogP contribution >= 0.6 is 0 Å². The summed E-state index contributed by atoms with van der Waals surface area (Å²) < 4.78 is 16.9. The Bertz CT molecular complexity index is 622. The van der Waals surface area contributed by atoms with E-state index in [2.05, 4.69) is 13.2 Å². The fourth-order valence-electron chi connectivity index (χ4n) is 2.71. The van der Waals surface area contributed by atoms with Crippen LogP contribution in [0.3, 0.4) is 0 Å². The highest BCUT2D eigenvalue weighted by molar-refractivity contribution is 6.04. The average molecular weight is 380 g/mol. The Morgan fingerprint density at radius 1 is 1.22 bits per heavy atom. The molecule has 0 amide bonds. The predicted octanol–water partition coefficient (Wildman–Crippen LogP) is 2.67. The molecule has 0 saturated carbocycles. The molecule has 27 heavy (non-hydrogen) atoms. The smallest absolute Gasteiger partial charge is 0.331 e. The molecule has 0 aliphatic carbocycles. The van der Waals surface area contributed by atoms with Crippen molar-refractivity contribution in [3.63, 3.8) is 0 Å². The van der Waals surface area contributed by atoms with Crippen molar-refractivity contribution in [2.24, 2.45) is 10.8 Å². The van der Waals surface area contributed by atoms with Crippen LogP contribution < -0.4 is 0 Å². The first kappa shape index (κ1) is 22.8. The number of aliphatic carboxylic acids is 1. The maximum absolute atomic E-state index is 11.5. The molecule has 1 fully saturated rings. The minimum atomic E-state index is -1.17. The maximum Gasteiger partial charge on any atom is 0.331 e. The first-order valence-electron chi connectivity index (χ1n) is 8.72. The van der Waals surface area contributed by atoms with E-state index >= 15 is 0 Å². The number of ketones is 1. The van der Waals surface area contributed by atoms with Crippen LogP contribution in [0.4, 0.5) is 0 Å². The lowest BCUT2D eigenvalue weighted by Crippen LogP contribution is -2.49. The molecule has 0 unspecified atom stereocenters. The molecular formula is C20H28O7. The van der Waals surface area contributed by atoms with Gasteiger partial charge in [-0.3, -0.25) is 4.79 Å². The van der Waals surface area contributed by atoms with Gasteiger partial charge < -0.3 is 19.3 Å². The van der Waals surface area contributed by atoms with Crippen LogP contribution in [0.1, 0.15) is 33.6 Å². The van der Waals surface area contributed by atoms with E-state index in [1.807, 2.05) is 20.8 Å². The Morgan fingerprint density at radius 2 is 1.81 bits per heavy atom. The number of rotatable bonds is 10. The molecule has 1 heterocycles. The molecule has 1 saturated heterocycles. The summed E-state index contributed by atoms with van der Waals surface area (Å²) in [6.45, 7) is 13.0. The largest absolute Gasteiger partial charge is 0.478 e. The lowest BCUT2D eigenvalue weighted by molar-refractivity contribution is -0.275. The number of carbonyl (C=O) groups is 3. The van der Waals surface area contributed by atoms with Gasteiger partial charge in [-0.15, -0.1) is 0 Å². The number of carboxylic acids is 1. The molecule has 1 rings (SSSR count). The van der Waals surface area contributed by atoms with E-state index in [1.165, 1.54) is 0 Å². The van der Waals surface area contributed by atoms with Crippen molar-refractivity contribution in [2.45, 2.75) is 39.9 Å². The number of carboxylic acid groups (broad SMARTS) is 1. The summed E-state index contributed by atoms with van der Waals surface area (Å²) >= 11 is 0. The van der Waals surface area contributed by atoms with Crippen molar-refractivity contribution in [2.75, 3.05) is 19.8 Å². The standard InChI is InChI=1S/C20H28O7/c1-6-15(21)9-14(17(23)24)10-19(4,5)18-26-12-20(8-3,13-27-18)11-25-16(22)7-2/h6-7,9,18H,1-2,8,10-13H2,3-5H3,(H,23,24). The van der Waals surface area contributed by atoms with Crippen LogP contribution in [0.2, 0.25) is 0 Å². The molecule has 1 aliphatic heterocycles. The molecule has 0 aromatic carbocycles. The minimum Gasteiger partial charge on any atom is -0.478 e. The third-order valence-electron chi connectivity index (χ3n) is 4.60. The second kappa shape index (κ2) is 9.62. The molecule has 150 valence electrons. The van der Waals surface area contributed by atoms with E-state index in [-0.39, 0.29) is 18.6 Å². The van der Waals surface area contributed by atoms with Crippen LogP contribution in [0.25, 0.3) is 0 Å². The molecule has 1 N–H and O–H groups in total. The van der Waals surface area contributed by atoms with E-state index in [1.54, 1.807) is 0 Å². The van der Waals surface area contributed by atoms with Gasteiger partial charge in [-0.05, 0) is 25.0 Å². The monoisotopic (exact) mass is 380 g/mol. The van der Waals surface area contributed by atoms with E-state index < -0.39 is 34.8 Å². The van der Waals surface area contributed by atoms with Crippen molar-refractivity contribution in [1.29, 1.82) is 0 Å². The fourth-order valence-corrected chi connectivity index (χ4v) is 2.71. The van der Waals surface area contributed by atoms with Gasteiger partial charge in [0.25, 0.3) is 0 Å². The van der Waals surface area contributed by atoms with Gasteiger partial charge in [-0.1, -0.05) is 33.9 Å². The normalized spacial score (nSPS) is 23.4. The summed E-state index contributed by atoms with van der Waals surface area (Å²) in [5, 5.41) is 9.35. The molecule has 0 radical (unpaired) electrons. The molecule has 0 bridgehead atoms. The third kappa shape index (κ3) is 6.45. The topological polar surface area (TPSA) is 99.1 Å².